The quantitative estimate of drug-likeness (QED) is 0.364. The van der Waals surface area contributed by atoms with Crippen molar-refractivity contribution in [3.8, 4) is 11.6 Å². The standard InChI is InChI=1S/C16H16F5N3O3S/c1-3-26-28-27-12-5-4-7-22-14(12)24-8-6-11(9-13(24)25)23(2)10-15(17,18)16(19,20)21/h4-9H,3,10H2,1-2H3. The molecule has 12 heteroatoms. The Hall–Kier alpha value is -2.34. The minimum Gasteiger partial charge on any atom is -0.396 e. The second-order valence-corrected chi connectivity index (χ2v) is 6.07. The Morgan fingerprint density at radius 2 is 1.96 bits per heavy atom. The number of pyridine rings is 2. The van der Waals surface area contributed by atoms with Crippen LogP contribution in [0.15, 0.2) is 41.5 Å². The third-order valence-corrected chi connectivity index (χ3v) is 4.04. The SMILES string of the molecule is CCOSOc1cccnc1-n1ccc(N(C)CC(F)(F)C(F)(F)F)cc1=O. The van der Waals surface area contributed by atoms with Crippen molar-refractivity contribution in [1.29, 1.82) is 0 Å². The molecule has 2 aromatic heterocycles. The number of rotatable bonds is 8. The van der Waals surface area contributed by atoms with E-state index < -0.39 is 24.2 Å². The average molecular weight is 425 g/mol. The second kappa shape index (κ2) is 8.78. The fourth-order valence-electron chi connectivity index (χ4n) is 2.10. The lowest BCUT2D eigenvalue weighted by Crippen LogP contribution is -2.46. The van der Waals surface area contributed by atoms with Crippen molar-refractivity contribution < 1.29 is 30.3 Å². The van der Waals surface area contributed by atoms with Crippen LogP contribution in [0.4, 0.5) is 27.6 Å². The van der Waals surface area contributed by atoms with Gasteiger partial charge in [-0.3, -0.25) is 13.5 Å². The number of hydrogen-bond donors (Lipinski definition) is 0. The van der Waals surface area contributed by atoms with Gasteiger partial charge in [0.15, 0.2) is 11.6 Å². The predicted octanol–water partition coefficient (Wildman–Crippen LogP) is 3.84. The topological polar surface area (TPSA) is 56.6 Å². The van der Waals surface area contributed by atoms with Crippen molar-refractivity contribution in [2.24, 2.45) is 0 Å². The molecule has 0 saturated carbocycles. The number of alkyl halides is 5. The van der Waals surface area contributed by atoms with E-state index in [1.54, 1.807) is 13.0 Å². The highest BCUT2D eigenvalue weighted by Crippen LogP contribution is 2.36. The Morgan fingerprint density at radius 3 is 2.57 bits per heavy atom. The van der Waals surface area contributed by atoms with Gasteiger partial charge in [0.1, 0.15) is 0 Å². The lowest BCUT2D eigenvalue weighted by atomic mass is 10.2. The first kappa shape index (κ1) is 22.0. The molecule has 0 saturated heterocycles. The Labute approximate surface area is 161 Å². The molecular formula is C16H16F5N3O3S. The maximum Gasteiger partial charge on any atom is 0.455 e. The minimum atomic E-state index is -5.69. The van der Waals surface area contributed by atoms with Crippen molar-refractivity contribution >= 4 is 18.0 Å². The molecule has 0 radical (unpaired) electrons. The van der Waals surface area contributed by atoms with Gasteiger partial charge in [0, 0.05) is 31.2 Å². The van der Waals surface area contributed by atoms with Crippen molar-refractivity contribution in [2.45, 2.75) is 19.0 Å². The molecule has 0 aliphatic heterocycles. The van der Waals surface area contributed by atoms with Gasteiger partial charge in [-0.05, 0) is 25.1 Å². The number of aromatic nitrogens is 2. The van der Waals surface area contributed by atoms with Crippen LogP contribution in [0.5, 0.6) is 5.75 Å². The molecular weight excluding hydrogens is 409 g/mol. The van der Waals surface area contributed by atoms with Gasteiger partial charge in [-0.25, -0.2) is 4.98 Å². The summed E-state index contributed by atoms with van der Waals surface area (Å²) < 4.78 is 74.9. The number of anilines is 1. The first-order valence-electron chi connectivity index (χ1n) is 7.86. The summed E-state index contributed by atoms with van der Waals surface area (Å²) in [4.78, 5) is 17.1. The van der Waals surface area contributed by atoms with E-state index in [0.29, 0.717) is 23.8 Å². The average Bonchev–Trinajstić information content (AvgIpc) is 2.61. The van der Waals surface area contributed by atoms with Crippen LogP contribution < -0.4 is 14.6 Å². The second-order valence-electron chi connectivity index (χ2n) is 5.53. The Kier molecular flexibility index (Phi) is 6.88. The highest BCUT2D eigenvalue weighted by Gasteiger charge is 2.57. The van der Waals surface area contributed by atoms with E-state index in [-0.39, 0.29) is 17.3 Å². The zero-order chi connectivity index (χ0) is 20.9. The van der Waals surface area contributed by atoms with Gasteiger partial charge in [-0.2, -0.15) is 22.0 Å². The molecule has 28 heavy (non-hydrogen) atoms. The lowest BCUT2D eigenvalue weighted by Gasteiger charge is -2.27. The summed E-state index contributed by atoms with van der Waals surface area (Å²) >= 11 is 0.684. The molecule has 0 fully saturated rings. The summed E-state index contributed by atoms with van der Waals surface area (Å²) in [5.74, 6) is -4.61. The summed E-state index contributed by atoms with van der Waals surface area (Å²) in [6.07, 6.45) is -3.07. The molecule has 0 aromatic carbocycles. The summed E-state index contributed by atoms with van der Waals surface area (Å²) in [5.41, 5.74) is -0.795. The van der Waals surface area contributed by atoms with Gasteiger partial charge < -0.3 is 9.08 Å². The van der Waals surface area contributed by atoms with E-state index >= 15 is 0 Å². The van der Waals surface area contributed by atoms with E-state index in [0.717, 1.165) is 17.7 Å². The van der Waals surface area contributed by atoms with Gasteiger partial charge in [0.2, 0.25) is 12.3 Å². The van der Waals surface area contributed by atoms with Crippen molar-refractivity contribution in [1.82, 2.24) is 9.55 Å². The van der Waals surface area contributed by atoms with Gasteiger partial charge in [-0.15, -0.1) is 0 Å². The largest absolute Gasteiger partial charge is 0.455 e. The first-order valence-corrected chi connectivity index (χ1v) is 8.53. The summed E-state index contributed by atoms with van der Waals surface area (Å²) in [7, 11) is 1.03. The van der Waals surface area contributed by atoms with Gasteiger partial charge in [0.25, 0.3) is 5.56 Å². The predicted molar refractivity (Wildman–Crippen MR) is 94.0 cm³/mol. The van der Waals surface area contributed by atoms with Gasteiger partial charge in [0.05, 0.1) is 13.2 Å². The number of hydrogen-bond acceptors (Lipinski definition) is 6. The first-order chi connectivity index (χ1) is 13.1. The monoisotopic (exact) mass is 425 g/mol. The van der Waals surface area contributed by atoms with Crippen LogP contribution in [0.3, 0.4) is 0 Å². The highest BCUT2D eigenvalue weighted by molar-refractivity contribution is 7.90. The molecule has 0 spiro atoms. The Bertz CT molecular complexity index is 860. The molecule has 0 aliphatic carbocycles. The van der Waals surface area contributed by atoms with E-state index in [1.165, 1.54) is 24.5 Å². The van der Waals surface area contributed by atoms with Crippen molar-refractivity contribution in [3.05, 3.63) is 47.0 Å². The third kappa shape index (κ3) is 5.13. The summed E-state index contributed by atoms with van der Waals surface area (Å²) in [6, 6.07) is 5.26. The number of nitrogens with zero attached hydrogens (tertiary/aromatic N) is 3. The van der Waals surface area contributed by atoms with Crippen LogP contribution in [-0.2, 0) is 4.18 Å². The molecule has 2 rings (SSSR count). The molecule has 0 amide bonds. The lowest BCUT2D eigenvalue weighted by molar-refractivity contribution is -0.276. The molecule has 0 bridgehead atoms. The molecule has 154 valence electrons. The zero-order valence-corrected chi connectivity index (χ0v) is 15.6. The van der Waals surface area contributed by atoms with Crippen LogP contribution in [0.2, 0.25) is 0 Å². The van der Waals surface area contributed by atoms with Crippen LogP contribution in [-0.4, -0.2) is 41.8 Å². The molecule has 2 aromatic rings. The Morgan fingerprint density at radius 1 is 1.25 bits per heavy atom. The van der Waals surface area contributed by atoms with E-state index in [2.05, 4.69) is 4.98 Å². The fourth-order valence-corrected chi connectivity index (χ4v) is 2.44. The van der Waals surface area contributed by atoms with E-state index in [4.69, 9.17) is 8.37 Å². The molecule has 0 atom stereocenters. The van der Waals surface area contributed by atoms with Crippen LogP contribution in [0.1, 0.15) is 6.92 Å². The minimum absolute atomic E-state index is 0.104. The molecule has 0 aliphatic rings. The fraction of sp³-hybridized carbons (Fsp3) is 0.375. The Balaban J connectivity index is 2.27. The van der Waals surface area contributed by atoms with Crippen LogP contribution in [0.25, 0.3) is 5.82 Å². The maximum absolute atomic E-state index is 13.2. The van der Waals surface area contributed by atoms with Crippen LogP contribution >= 0.6 is 12.3 Å². The summed E-state index contributed by atoms with van der Waals surface area (Å²) in [5, 5.41) is 0. The third-order valence-electron chi connectivity index (χ3n) is 3.46. The smallest absolute Gasteiger partial charge is 0.396 e. The highest BCUT2D eigenvalue weighted by atomic mass is 32.2. The number of halogens is 5. The van der Waals surface area contributed by atoms with Crippen LogP contribution in [0, 0.1) is 0 Å². The van der Waals surface area contributed by atoms with Gasteiger partial charge >= 0.3 is 12.1 Å². The molecule has 0 N–H and O–H groups in total. The maximum atomic E-state index is 13.2. The van der Waals surface area contributed by atoms with Gasteiger partial charge in [-0.1, -0.05) is 0 Å². The molecule has 2 heterocycles. The van der Waals surface area contributed by atoms with E-state index in [1.807, 2.05) is 0 Å². The van der Waals surface area contributed by atoms with Crippen molar-refractivity contribution in [3.63, 3.8) is 0 Å². The normalized spacial score (nSPS) is 12.1. The molecule has 0 unspecified atom stereocenters. The van der Waals surface area contributed by atoms with Crippen molar-refractivity contribution in [2.75, 3.05) is 25.1 Å². The molecule has 6 nitrogen and oxygen atoms in total. The van der Waals surface area contributed by atoms with E-state index in [9.17, 15) is 26.7 Å². The zero-order valence-electron chi connectivity index (χ0n) is 14.7. The summed E-state index contributed by atoms with van der Waals surface area (Å²) in [6.45, 7) is 0.509.